The number of nitrogens with one attached hydrogen (secondary N) is 1. The zero-order valence-corrected chi connectivity index (χ0v) is 21.2. The predicted octanol–water partition coefficient (Wildman–Crippen LogP) is 6.40. The molecule has 1 fully saturated rings. The fraction of sp³-hybridized carbons (Fsp3) is 0.429. The van der Waals surface area contributed by atoms with Crippen LogP contribution in [0.4, 0.5) is 14.5 Å². The number of halogens is 2. The van der Waals surface area contributed by atoms with Crippen molar-refractivity contribution in [1.82, 2.24) is 4.57 Å². The Hall–Kier alpha value is -3.06. The maximum atomic E-state index is 15.3. The minimum absolute atomic E-state index is 0.0726. The summed E-state index contributed by atoms with van der Waals surface area (Å²) in [6, 6.07) is 11.7. The summed E-state index contributed by atoms with van der Waals surface area (Å²) in [5.41, 5.74) is 9.92. The first-order chi connectivity index (χ1) is 16.6. The number of anilines is 1. The Balaban J connectivity index is 0.00000141. The van der Waals surface area contributed by atoms with Gasteiger partial charge in [0.25, 0.3) is 0 Å². The third-order valence-corrected chi connectivity index (χ3v) is 6.81. The quantitative estimate of drug-likeness (QED) is 0.426. The second-order valence-electron chi connectivity index (χ2n) is 10.3. The van der Waals surface area contributed by atoms with Gasteiger partial charge in [-0.2, -0.15) is 0 Å². The molecule has 1 aliphatic heterocycles. The fourth-order valence-corrected chi connectivity index (χ4v) is 4.92. The van der Waals surface area contributed by atoms with Crippen LogP contribution in [0.2, 0.25) is 0 Å². The van der Waals surface area contributed by atoms with Crippen LogP contribution in [-0.4, -0.2) is 24.6 Å². The molecular weight excluding hydrogens is 448 g/mol. The highest BCUT2D eigenvalue weighted by atomic mass is 19.1. The van der Waals surface area contributed by atoms with Gasteiger partial charge in [-0.15, -0.1) is 0 Å². The molecule has 0 saturated heterocycles. The smallest absolute Gasteiger partial charge is 0.238 e. The number of hydrogen-bond donors (Lipinski definition) is 2. The molecule has 1 saturated carbocycles. The topological polar surface area (TPSA) is 61.4 Å². The van der Waals surface area contributed by atoms with Gasteiger partial charge in [-0.25, -0.2) is 4.39 Å². The highest BCUT2D eigenvalue weighted by Crippen LogP contribution is 2.55. The molecule has 1 unspecified atom stereocenters. The van der Waals surface area contributed by atoms with Crippen LogP contribution < -0.4 is 20.5 Å². The van der Waals surface area contributed by atoms with Crippen molar-refractivity contribution < 1.29 is 18.3 Å². The Morgan fingerprint density at radius 3 is 2.46 bits per heavy atom. The van der Waals surface area contributed by atoms with Crippen molar-refractivity contribution in [2.24, 2.45) is 5.73 Å². The first-order valence-electron chi connectivity index (χ1n) is 12.0. The number of allylic oxidation sites excluding steroid dienone is 1. The Bertz CT molecular complexity index is 1260. The van der Waals surface area contributed by atoms with Crippen LogP contribution in [0, 0.1) is 5.82 Å². The molecule has 0 spiro atoms. The van der Waals surface area contributed by atoms with Gasteiger partial charge in [0, 0.05) is 53.7 Å². The molecule has 2 heterocycles. The first-order valence-corrected chi connectivity index (χ1v) is 12.0. The van der Waals surface area contributed by atoms with Crippen molar-refractivity contribution >= 4 is 16.6 Å². The highest BCUT2D eigenvalue weighted by molar-refractivity contribution is 5.86. The predicted molar refractivity (Wildman–Crippen MR) is 138 cm³/mol. The third kappa shape index (κ3) is 4.49. The number of nitrogens with zero attached hydrogens (tertiary/aromatic N) is 1. The van der Waals surface area contributed by atoms with Gasteiger partial charge >= 0.3 is 0 Å². The summed E-state index contributed by atoms with van der Waals surface area (Å²) in [5, 5.41) is 4.30. The van der Waals surface area contributed by atoms with Crippen molar-refractivity contribution in [3.8, 4) is 11.5 Å². The van der Waals surface area contributed by atoms with E-state index in [9.17, 15) is 4.39 Å². The van der Waals surface area contributed by atoms with E-state index < -0.39 is 0 Å². The molecule has 2 aliphatic rings. The summed E-state index contributed by atoms with van der Waals surface area (Å²) in [4.78, 5) is 0. The lowest BCUT2D eigenvalue weighted by Crippen LogP contribution is -2.20. The van der Waals surface area contributed by atoms with E-state index in [0.717, 1.165) is 52.2 Å². The third-order valence-electron chi connectivity index (χ3n) is 6.81. The Labute approximate surface area is 205 Å². The molecule has 0 radical (unpaired) electrons. The van der Waals surface area contributed by atoms with Gasteiger partial charge in [0.05, 0.1) is 18.4 Å². The fourth-order valence-electron chi connectivity index (χ4n) is 4.92. The summed E-state index contributed by atoms with van der Waals surface area (Å²) >= 11 is 0. The number of nitrogens with two attached hydrogens (primary N) is 1. The van der Waals surface area contributed by atoms with E-state index in [2.05, 4.69) is 49.4 Å². The number of aromatic nitrogens is 1. The largest absolute Gasteiger partial charge is 0.451 e. The number of benzene rings is 2. The van der Waals surface area contributed by atoms with E-state index in [1.165, 1.54) is 0 Å². The normalized spacial score (nSPS) is 17.7. The maximum Gasteiger partial charge on any atom is 0.238 e. The molecule has 2 aromatic carbocycles. The average molecular weight is 484 g/mol. The summed E-state index contributed by atoms with van der Waals surface area (Å²) in [7, 11) is 0.500. The van der Waals surface area contributed by atoms with Crippen molar-refractivity contribution in [3.05, 3.63) is 65.7 Å². The van der Waals surface area contributed by atoms with Gasteiger partial charge in [0.15, 0.2) is 11.5 Å². The molecule has 1 aromatic heterocycles. The maximum absolute atomic E-state index is 15.3. The van der Waals surface area contributed by atoms with Crippen molar-refractivity contribution in [1.29, 1.82) is 0 Å². The van der Waals surface area contributed by atoms with E-state index in [4.69, 9.17) is 15.2 Å². The number of alkyl halides is 1. The molecular formula is C28H35F2N3O2. The number of fused-ring (bicyclic) bond motifs is 2. The lowest BCUT2D eigenvalue weighted by Gasteiger charge is -2.22. The van der Waals surface area contributed by atoms with E-state index in [1.54, 1.807) is 6.07 Å². The zero-order valence-electron chi connectivity index (χ0n) is 21.2. The van der Waals surface area contributed by atoms with E-state index >= 15 is 4.39 Å². The monoisotopic (exact) mass is 483 g/mol. The highest BCUT2D eigenvalue weighted by Gasteiger charge is 2.48. The van der Waals surface area contributed by atoms with Gasteiger partial charge in [0.2, 0.25) is 6.29 Å². The van der Waals surface area contributed by atoms with E-state index in [-0.39, 0.29) is 22.9 Å². The van der Waals surface area contributed by atoms with Gasteiger partial charge in [0.1, 0.15) is 5.82 Å². The molecule has 0 bridgehead atoms. The molecule has 35 heavy (non-hydrogen) atoms. The van der Waals surface area contributed by atoms with Crippen LogP contribution in [0.1, 0.15) is 51.8 Å². The second kappa shape index (κ2) is 9.19. The molecule has 7 heteroatoms. The average Bonchev–Trinajstić information content (AvgIpc) is 3.43. The number of hydrogen-bond acceptors (Lipinski definition) is 4. The minimum Gasteiger partial charge on any atom is -0.451 e. The molecule has 3 aromatic rings. The van der Waals surface area contributed by atoms with E-state index in [1.807, 2.05) is 25.1 Å². The van der Waals surface area contributed by atoms with Crippen LogP contribution in [0.5, 0.6) is 11.5 Å². The van der Waals surface area contributed by atoms with Gasteiger partial charge < -0.3 is 25.1 Å². The van der Waals surface area contributed by atoms with Crippen LogP contribution in [-0.2, 0) is 17.4 Å². The van der Waals surface area contributed by atoms with Gasteiger partial charge in [-0.3, -0.25) is 4.39 Å². The Morgan fingerprint density at radius 2 is 1.83 bits per heavy atom. The SMILES string of the molecule is C=C(Nc1cc2cc(C(C)(C)C)n(CCN)c2cc1F)C1(c2ccc3c(c2)OC(C)O3)CC1.CF. The molecule has 1 aliphatic carbocycles. The van der Waals surface area contributed by atoms with Gasteiger partial charge in [-0.05, 0) is 42.7 Å². The number of ether oxygens (including phenoxy) is 2. The minimum atomic E-state index is -0.296. The van der Waals surface area contributed by atoms with Gasteiger partial charge in [-0.1, -0.05) is 33.4 Å². The summed E-state index contributed by atoms with van der Waals surface area (Å²) in [6.07, 6.45) is 1.63. The van der Waals surface area contributed by atoms with Crippen LogP contribution in [0.3, 0.4) is 0 Å². The van der Waals surface area contributed by atoms with E-state index in [0.29, 0.717) is 26.0 Å². The summed E-state index contributed by atoms with van der Waals surface area (Å²) in [5.74, 6) is 1.21. The van der Waals surface area contributed by atoms with Crippen LogP contribution in [0.15, 0.2) is 48.7 Å². The van der Waals surface area contributed by atoms with Crippen molar-refractivity contribution in [3.63, 3.8) is 0 Å². The summed E-state index contributed by atoms with van der Waals surface area (Å²) < 4.78 is 38.3. The first kappa shape index (κ1) is 25.0. The zero-order chi connectivity index (χ0) is 25.5. The Kier molecular flexibility index (Phi) is 6.58. The molecule has 188 valence electrons. The molecule has 5 nitrogen and oxygen atoms in total. The summed E-state index contributed by atoms with van der Waals surface area (Å²) in [6.45, 7) is 13.8. The molecule has 1 atom stereocenters. The van der Waals surface area contributed by atoms with Crippen molar-refractivity contribution in [2.75, 3.05) is 19.0 Å². The van der Waals surface area contributed by atoms with Crippen molar-refractivity contribution in [2.45, 2.75) is 64.2 Å². The molecule has 3 N–H and O–H groups in total. The second-order valence-corrected chi connectivity index (χ2v) is 10.3. The molecule has 0 amide bonds. The lowest BCUT2D eigenvalue weighted by atomic mass is 9.92. The van der Waals surface area contributed by atoms with Crippen LogP contribution in [0.25, 0.3) is 10.9 Å². The molecule has 5 rings (SSSR count). The standard InChI is InChI=1S/C27H32FN3O2.CH3F/c1-16(27(8-9-27)19-6-7-23-24(14-19)33-17(2)32-23)30-21-12-18-13-25(26(3,4)5)31(11-10-29)22(18)15-20(21)28;1-2/h6-7,12-15,17,30H,1,8-11,29H2,2-5H3;1H3. The Morgan fingerprint density at radius 1 is 1.14 bits per heavy atom. The number of rotatable bonds is 6. The lowest BCUT2D eigenvalue weighted by molar-refractivity contribution is 0.0678. The van der Waals surface area contributed by atoms with Crippen LogP contribution >= 0.6 is 0 Å².